The van der Waals surface area contributed by atoms with Crippen LogP contribution in [0.1, 0.15) is 5.69 Å². The number of hydrazone groups is 1. The van der Waals surface area contributed by atoms with Gasteiger partial charge in [0.15, 0.2) is 0 Å². The number of hydrogen-bond acceptors (Lipinski definition) is 4. The molecule has 0 aliphatic carbocycles. The molecule has 10 heavy (non-hydrogen) atoms. The Labute approximate surface area is 57.0 Å². The molecule has 5 nitrogen and oxygen atoms in total. The molecule has 0 fully saturated rings. The maximum absolute atomic E-state index is 3.82. The Hall–Kier alpha value is -1.65. The van der Waals surface area contributed by atoms with Gasteiger partial charge in [-0.1, -0.05) is 5.21 Å². The third kappa shape index (κ3) is 0.680. The largest absolute Gasteiger partial charge is 0.284 e. The summed E-state index contributed by atoms with van der Waals surface area (Å²) in [6, 6.07) is 0. The van der Waals surface area contributed by atoms with E-state index < -0.39 is 0 Å². The highest BCUT2D eigenvalue weighted by atomic mass is 15.4. The monoisotopic (exact) mass is 135 g/mol. The predicted octanol–water partition coefficient (Wildman–Crippen LogP) is -0.357. The van der Waals surface area contributed by atoms with Crippen LogP contribution in [0.5, 0.6) is 0 Å². The first kappa shape index (κ1) is 5.16. The van der Waals surface area contributed by atoms with Crippen molar-refractivity contribution < 1.29 is 0 Å². The Morgan fingerprint density at radius 1 is 1.50 bits per heavy atom. The van der Waals surface area contributed by atoms with Crippen LogP contribution in [0.3, 0.4) is 0 Å². The summed E-state index contributed by atoms with van der Waals surface area (Å²) in [6.07, 6.45) is 6.72. The zero-order chi connectivity index (χ0) is 6.81. The second-order valence-corrected chi connectivity index (χ2v) is 1.81. The predicted molar refractivity (Wildman–Crippen MR) is 36.1 cm³/mol. The van der Waals surface area contributed by atoms with Gasteiger partial charge in [-0.05, 0) is 0 Å². The summed E-state index contributed by atoms with van der Waals surface area (Å²) in [6.45, 7) is 0. The van der Waals surface area contributed by atoms with E-state index in [-0.39, 0.29) is 0 Å². The van der Waals surface area contributed by atoms with Crippen LogP contribution >= 0.6 is 0 Å². The van der Waals surface area contributed by atoms with Crippen LogP contribution in [0.25, 0.3) is 6.20 Å². The lowest BCUT2D eigenvalue weighted by atomic mass is 10.5. The molecule has 1 aromatic rings. The van der Waals surface area contributed by atoms with Crippen molar-refractivity contribution in [2.24, 2.45) is 5.10 Å². The molecule has 0 amide bonds. The Bertz CT molecular complexity index is 257. The van der Waals surface area contributed by atoms with E-state index in [0.717, 1.165) is 5.69 Å². The van der Waals surface area contributed by atoms with Crippen molar-refractivity contribution in [1.82, 2.24) is 20.4 Å². The van der Waals surface area contributed by atoms with E-state index in [2.05, 4.69) is 20.8 Å². The van der Waals surface area contributed by atoms with Gasteiger partial charge in [-0.15, -0.1) is 5.10 Å². The first-order chi connectivity index (χ1) is 4.97. The van der Waals surface area contributed by atoms with Gasteiger partial charge in [0.1, 0.15) is 5.69 Å². The fraction of sp³-hybridized carbons (Fsp3) is 0. The van der Waals surface area contributed by atoms with Crippen LogP contribution in [0.2, 0.25) is 0 Å². The van der Waals surface area contributed by atoms with Crippen LogP contribution in [0, 0.1) is 0 Å². The lowest BCUT2D eigenvalue weighted by molar-refractivity contribution is 0.835. The Kier molecular flexibility index (Phi) is 1.00. The van der Waals surface area contributed by atoms with Crippen molar-refractivity contribution >= 4 is 12.4 Å². The van der Waals surface area contributed by atoms with E-state index >= 15 is 0 Å². The van der Waals surface area contributed by atoms with Gasteiger partial charge in [-0.2, -0.15) is 5.10 Å². The standard InChI is InChI=1S/C5H5N5/c1-2-10-5(3-7-6-1)4-8-9-10/h1-4,6H. The lowest BCUT2D eigenvalue weighted by Crippen LogP contribution is -1.93. The van der Waals surface area contributed by atoms with Crippen molar-refractivity contribution in [2.45, 2.75) is 0 Å². The first-order valence-corrected chi connectivity index (χ1v) is 2.82. The summed E-state index contributed by atoms with van der Waals surface area (Å²) >= 11 is 0. The Morgan fingerprint density at radius 2 is 2.50 bits per heavy atom. The van der Waals surface area contributed by atoms with Crippen LogP contribution in [-0.4, -0.2) is 21.2 Å². The second kappa shape index (κ2) is 1.94. The highest BCUT2D eigenvalue weighted by molar-refractivity contribution is 5.77. The summed E-state index contributed by atoms with van der Waals surface area (Å²) in [5.41, 5.74) is 3.54. The second-order valence-electron chi connectivity index (χ2n) is 1.81. The van der Waals surface area contributed by atoms with Gasteiger partial charge in [0, 0.05) is 12.4 Å². The molecule has 5 heteroatoms. The van der Waals surface area contributed by atoms with Crippen molar-refractivity contribution in [1.29, 1.82) is 0 Å². The molecule has 0 bridgehead atoms. The van der Waals surface area contributed by atoms with Gasteiger partial charge >= 0.3 is 0 Å². The third-order valence-corrected chi connectivity index (χ3v) is 1.16. The van der Waals surface area contributed by atoms with E-state index in [1.54, 1.807) is 29.5 Å². The maximum Gasteiger partial charge on any atom is 0.107 e. The highest BCUT2D eigenvalue weighted by Gasteiger charge is 1.97. The molecule has 1 aromatic heterocycles. The lowest BCUT2D eigenvalue weighted by Gasteiger charge is -1.86. The van der Waals surface area contributed by atoms with Crippen LogP contribution in [0.15, 0.2) is 17.5 Å². The quantitative estimate of drug-likeness (QED) is 0.528. The molecule has 2 heterocycles. The number of nitrogens with zero attached hydrogens (tertiary/aromatic N) is 4. The van der Waals surface area contributed by atoms with Gasteiger partial charge in [0.25, 0.3) is 0 Å². The molecular weight excluding hydrogens is 130 g/mol. The summed E-state index contributed by atoms with van der Waals surface area (Å²) in [4.78, 5) is 0. The SMILES string of the molecule is C1=Cn2nncc2C=NN1. The minimum atomic E-state index is 0.862. The summed E-state index contributed by atoms with van der Waals surface area (Å²) in [5.74, 6) is 0. The minimum absolute atomic E-state index is 0.862. The topological polar surface area (TPSA) is 55.1 Å². The zero-order valence-corrected chi connectivity index (χ0v) is 5.10. The normalized spacial score (nSPS) is 14.0. The van der Waals surface area contributed by atoms with Crippen LogP contribution < -0.4 is 5.43 Å². The van der Waals surface area contributed by atoms with Gasteiger partial charge in [-0.25, -0.2) is 4.68 Å². The van der Waals surface area contributed by atoms with Gasteiger partial charge in [0.05, 0.1) is 12.4 Å². The molecule has 0 spiro atoms. The van der Waals surface area contributed by atoms with Crippen molar-refractivity contribution in [3.63, 3.8) is 0 Å². The fourth-order valence-corrected chi connectivity index (χ4v) is 0.710. The van der Waals surface area contributed by atoms with E-state index in [4.69, 9.17) is 0 Å². The molecule has 2 rings (SSSR count). The van der Waals surface area contributed by atoms with E-state index in [1.807, 2.05) is 0 Å². The van der Waals surface area contributed by atoms with Crippen molar-refractivity contribution in [3.05, 3.63) is 18.1 Å². The highest BCUT2D eigenvalue weighted by Crippen LogP contribution is 1.94. The molecule has 0 saturated carbocycles. The Balaban J connectivity index is 2.56. The van der Waals surface area contributed by atoms with E-state index in [9.17, 15) is 0 Å². The third-order valence-electron chi connectivity index (χ3n) is 1.16. The van der Waals surface area contributed by atoms with Crippen molar-refractivity contribution in [2.75, 3.05) is 0 Å². The Morgan fingerprint density at radius 3 is 3.50 bits per heavy atom. The average Bonchev–Trinajstić information content (AvgIpc) is 2.28. The van der Waals surface area contributed by atoms with Gasteiger partial charge in [0.2, 0.25) is 0 Å². The molecule has 1 aliphatic rings. The maximum atomic E-state index is 3.82. The van der Waals surface area contributed by atoms with Crippen LogP contribution in [-0.2, 0) is 0 Å². The van der Waals surface area contributed by atoms with E-state index in [0.29, 0.717) is 0 Å². The molecule has 0 saturated heterocycles. The summed E-state index contributed by atoms with van der Waals surface area (Å²) in [5, 5.41) is 11.3. The molecule has 0 radical (unpaired) electrons. The van der Waals surface area contributed by atoms with Gasteiger partial charge < -0.3 is 0 Å². The summed E-state index contributed by atoms with van der Waals surface area (Å²) in [7, 11) is 0. The number of fused-ring (bicyclic) bond motifs is 1. The van der Waals surface area contributed by atoms with E-state index in [1.165, 1.54) is 0 Å². The zero-order valence-electron chi connectivity index (χ0n) is 5.10. The smallest absolute Gasteiger partial charge is 0.107 e. The minimum Gasteiger partial charge on any atom is -0.284 e. The van der Waals surface area contributed by atoms with Crippen LogP contribution in [0.4, 0.5) is 0 Å². The first-order valence-electron chi connectivity index (χ1n) is 2.82. The number of hydrogen-bond donors (Lipinski definition) is 1. The fourth-order valence-electron chi connectivity index (χ4n) is 0.710. The number of rotatable bonds is 0. The molecular formula is C5H5N5. The van der Waals surface area contributed by atoms with Crippen molar-refractivity contribution in [3.8, 4) is 0 Å². The summed E-state index contributed by atoms with van der Waals surface area (Å²) < 4.78 is 1.63. The molecule has 50 valence electrons. The molecule has 0 atom stereocenters. The molecule has 1 aliphatic heterocycles. The van der Waals surface area contributed by atoms with Gasteiger partial charge in [-0.3, -0.25) is 5.43 Å². The number of nitrogens with one attached hydrogen (secondary N) is 1. The molecule has 0 unspecified atom stereocenters. The average molecular weight is 135 g/mol. The molecule has 0 aromatic carbocycles. The number of aromatic nitrogens is 3. The molecule has 1 N–H and O–H groups in total.